The lowest BCUT2D eigenvalue weighted by Gasteiger charge is -2.13. The lowest BCUT2D eigenvalue weighted by molar-refractivity contribution is 0.506. The Morgan fingerprint density at radius 2 is 2.17 bits per heavy atom. The van der Waals surface area contributed by atoms with Crippen molar-refractivity contribution in [1.29, 1.82) is 0 Å². The average molecular weight is 334 g/mol. The zero-order valence-corrected chi connectivity index (χ0v) is 15.2. The zero-order valence-electron chi connectivity index (χ0n) is 14.3. The molecule has 2 aromatic rings. The molecule has 0 aliphatic carbocycles. The van der Waals surface area contributed by atoms with Crippen molar-refractivity contribution >= 4 is 17.3 Å². The first-order chi connectivity index (χ1) is 11.0. The second-order valence-corrected chi connectivity index (χ2v) is 7.23. The fourth-order valence-electron chi connectivity index (χ4n) is 1.99. The minimum Gasteiger partial charge on any atom is -0.469 e. The Kier molecular flexibility index (Phi) is 6.65. The molecule has 6 heteroatoms. The molecule has 0 bridgehead atoms. The second-order valence-electron chi connectivity index (χ2n) is 5.94. The van der Waals surface area contributed by atoms with Crippen LogP contribution in [0.15, 0.2) is 27.8 Å². The SMILES string of the molecule is Cc1nc(CN=C(NCCc2ccco2)NCC(C)C)sc1C. The van der Waals surface area contributed by atoms with E-state index in [1.54, 1.807) is 17.6 Å². The molecule has 0 amide bonds. The van der Waals surface area contributed by atoms with E-state index in [9.17, 15) is 0 Å². The number of aryl methyl sites for hydroxylation is 2. The number of furan rings is 1. The summed E-state index contributed by atoms with van der Waals surface area (Å²) >= 11 is 1.71. The Hall–Kier alpha value is -1.82. The van der Waals surface area contributed by atoms with Gasteiger partial charge in [-0.15, -0.1) is 11.3 Å². The second kappa shape index (κ2) is 8.72. The van der Waals surface area contributed by atoms with Crippen LogP contribution in [-0.2, 0) is 13.0 Å². The topological polar surface area (TPSA) is 62.5 Å². The van der Waals surface area contributed by atoms with Crippen molar-refractivity contribution < 1.29 is 4.42 Å². The number of aromatic nitrogens is 1. The number of aliphatic imine (C=N–C) groups is 1. The van der Waals surface area contributed by atoms with Gasteiger partial charge in [0.25, 0.3) is 0 Å². The maximum Gasteiger partial charge on any atom is 0.191 e. The zero-order chi connectivity index (χ0) is 16.7. The summed E-state index contributed by atoms with van der Waals surface area (Å²) in [6, 6.07) is 3.90. The van der Waals surface area contributed by atoms with Gasteiger partial charge >= 0.3 is 0 Å². The maximum absolute atomic E-state index is 5.35. The highest BCUT2D eigenvalue weighted by molar-refractivity contribution is 7.11. The summed E-state index contributed by atoms with van der Waals surface area (Å²) in [4.78, 5) is 10.5. The van der Waals surface area contributed by atoms with Gasteiger partial charge in [-0.3, -0.25) is 0 Å². The summed E-state index contributed by atoms with van der Waals surface area (Å²) in [7, 11) is 0. The van der Waals surface area contributed by atoms with Crippen LogP contribution >= 0.6 is 11.3 Å². The monoisotopic (exact) mass is 334 g/mol. The van der Waals surface area contributed by atoms with Crippen LogP contribution in [0.4, 0.5) is 0 Å². The summed E-state index contributed by atoms with van der Waals surface area (Å²) < 4.78 is 5.35. The fourth-order valence-corrected chi connectivity index (χ4v) is 2.85. The third-order valence-electron chi connectivity index (χ3n) is 3.37. The first kappa shape index (κ1) is 17.5. The molecule has 2 rings (SSSR count). The summed E-state index contributed by atoms with van der Waals surface area (Å²) in [5, 5.41) is 7.79. The number of thiazole rings is 1. The van der Waals surface area contributed by atoms with Crippen LogP contribution in [0.2, 0.25) is 0 Å². The van der Waals surface area contributed by atoms with E-state index >= 15 is 0 Å². The molecular weight excluding hydrogens is 308 g/mol. The highest BCUT2D eigenvalue weighted by Crippen LogP contribution is 2.16. The van der Waals surface area contributed by atoms with Crippen molar-refractivity contribution in [3.05, 3.63) is 39.7 Å². The van der Waals surface area contributed by atoms with E-state index in [1.165, 1.54) is 4.88 Å². The molecule has 2 aromatic heterocycles. The molecule has 0 radical (unpaired) electrons. The van der Waals surface area contributed by atoms with Crippen LogP contribution in [0.3, 0.4) is 0 Å². The molecular formula is C17H26N4OS. The quantitative estimate of drug-likeness (QED) is 0.602. The fraction of sp³-hybridized carbons (Fsp3) is 0.529. The normalized spacial score (nSPS) is 12.0. The first-order valence-corrected chi connectivity index (χ1v) is 8.83. The molecule has 0 aromatic carbocycles. The van der Waals surface area contributed by atoms with Gasteiger partial charge < -0.3 is 15.1 Å². The highest BCUT2D eigenvalue weighted by Gasteiger charge is 2.05. The van der Waals surface area contributed by atoms with E-state index in [4.69, 9.17) is 4.42 Å². The van der Waals surface area contributed by atoms with Crippen LogP contribution in [0.1, 0.15) is 35.2 Å². The molecule has 2 heterocycles. The number of nitrogens with zero attached hydrogens (tertiary/aromatic N) is 2. The van der Waals surface area contributed by atoms with E-state index in [0.29, 0.717) is 12.5 Å². The van der Waals surface area contributed by atoms with Crippen molar-refractivity contribution in [2.45, 2.75) is 40.7 Å². The van der Waals surface area contributed by atoms with Gasteiger partial charge in [-0.2, -0.15) is 0 Å². The number of hydrogen-bond acceptors (Lipinski definition) is 4. The van der Waals surface area contributed by atoms with Gasteiger partial charge in [0.2, 0.25) is 0 Å². The van der Waals surface area contributed by atoms with Gasteiger partial charge in [-0.05, 0) is 31.9 Å². The molecule has 0 fully saturated rings. The summed E-state index contributed by atoms with van der Waals surface area (Å²) in [6.07, 6.45) is 2.54. The van der Waals surface area contributed by atoms with Gasteiger partial charge in [0.15, 0.2) is 5.96 Å². The van der Waals surface area contributed by atoms with Crippen LogP contribution in [0, 0.1) is 19.8 Å². The third kappa shape index (κ3) is 6.06. The minimum atomic E-state index is 0.566. The molecule has 0 saturated heterocycles. The van der Waals surface area contributed by atoms with Gasteiger partial charge in [0.05, 0.1) is 18.5 Å². The van der Waals surface area contributed by atoms with Crippen molar-refractivity contribution in [3.8, 4) is 0 Å². The van der Waals surface area contributed by atoms with E-state index in [-0.39, 0.29) is 0 Å². The standard InChI is InChI=1S/C17H26N4OS/c1-12(2)10-19-17(18-8-7-15-6-5-9-22-15)20-11-16-21-13(3)14(4)23-16/h5-6,9,12H,7-8,10-11H2,1-4H3,(H2,18,19,20). The molecule has 23 heavy (non-hydrogen) atoms. The predicted molar refractivity (Wildman–Crippen MR) is 96.0 cm³/mol. The Balaban J connectivity index is 1.90. The van der Waals surface area contributed by atoms with Gasteiger partial charge in [-0.25, -0.2) is 9.98 Å². The maximum atomic E-state index is 5.35. The molecule has 0 aliphatic rings. The van der Waals surface area contributed by atoms with Crippen molar-refractivity contribution in [3.63, 3.8) is 0 Å². The molecule has 0 saturated carbocycles. The van der Waals surface area contributed by atoms with Gasteiger partial charge in [-0.1, -0.05) is 13.8 Å². The molecule has 0 aliphatic heterocycles. The van der Waals surface area contributed by atoms with E-state index < -0.39 is 0 Å². The van der Waals surface area contributed by atoms with Gasteiger partial charge in [0, 0.05) is 24.4 Å². The Labute approximate surface area is 142 Å². The molecule has 0 unspecified atom stereocenters. The molecule has 0 atom stereocenters. The molecule has 2 N–H and O–H groups in total. The molecule has 0 spiro atoms. The predicted octanol–water partition coefficient (Wildman–Crippen LogP) is 3.29. The smallest absolute Gasteiger partial charge is 0.191 e. The first-order valence-electron chi connectivity index (χ1n) is 8.02. The largest absolute Gasteiger partial charge is 0.469 e. The van der Waals surface area contributed by atoms with Crippen molar-refractivity contribution in [2.75, 3.05) is 13.1 Å². The average Bonchev–Trinajstić information content (AvgIpc) is 3.12. The lowest BCUT2D eigenvalue weighted by atomic mass is 10.2. The summed E-state index contributed by atoms with van der Waals surface area (Å²) in [5.41, 5.74) is 1.10. The molecule has 126 valence electrons. The lowest BCUT2D eigenvalue weighted by Crippen LogP contribution is -2.40. The third-order valence-corrected chi connectivity index (χ3v) is 4.42. The molecule has 5 nitrogen and oxygen atoms in total. The summed E-state index contributed by atoms with van der Waals surface area (Å²) in [5.74, 6) is 2.37. The van der Waals surface area contributed by atoms with Crippen LogP contribution < -0.4 is 10.6 Å². The number of rotatable bonds is 7. The Morgan fingerprint density at radius 3 is 2.78 bits per heavy atom. The number of guanidine groups is 1. The highest BCUT2D eigenvalue weighted by atomic mass is 32.1. The van der Waals surface area contributed by atoms with E-state index in [1.807, 2.05) is 19.1 Å². The van der Waals surface area contributed by atoms with Crippen LogP contribution in [0.5, 0.6) is 0 Å². The summed E-state index contributed by atoms with van der Waals surface area (Å²) in [6.45, 7) is 10.8. The van der Waals surface area contributed by atoms with Crippen molar-refractivity contribution in [1.82, 2.24) is 15.6 Å². The van der Waals surface area contributed by atoms with Crippen LogP contribution in [0.25, 0.3) is 0 Å². The van der Waals surface area contributed by atoms with Crippen LogP contribution in [-0.4, -0.2) is 24.0 Å². The van der Waals surface area contributed by atoms with Gasteiger partial charge in [0.1, 0.15) is 10.8 Å². The number of hydrogen-bond donors (Lipinski definition) is 2. The minimum absolute atomic E-state index is 0.566. The Morgan fingerprint density at radius 1 is 1.35 bits per heavy atom. The number of nitrogens with one attached hydrogen (secondary N) is 2. The van der Waals surface area contributed by atoms with E-state index in [0.717, 1.165) is 41.9 Å². The van der Waals surface area contributed by atoms with E-state index in [2.05, 4.69) is 41.4 Å². The Bertz CT molecular complexity index is 597. The van der Waals surface area contributed by atoms with Crippen molar-refractivity contribution in [2.24, 2.45) is 10.9 Å².